The molecule has 1 heterocycles. The van der Waals surface area contributed by atoms with E-state index in [-0.39, 0.29) is 17.9 Å². The van der Waals surface area contributed by atoms with Crippen LogP contribution in [0, 0.1) is 5.92 Å². The lowest BCUT2D eigenvalue weighted by molar-refractivity contribution is 0.0897. The van der Waals surface area contributed by atoms with Crippen LogP contribution in [0.4, 0.5) is 0 Å². The highest BCUT2D eigenvalue weighted by Crippen LogP contribution is 2.24. The fourth-order valence-corrected chi connectivity index (χ4v) is 2.07. The molecule has 0 radical (unpaired) electrons. The summed E-state index contributed by atoms with van der Waals surface area (Å²) in [5, 5.41) is 3.00. The van der Waals surface area contributed by atoms with Crippen LogP contribution in [0.15, 0.2) is 47.1 Å². The third-order valence-electron chi connectivity index (χ3n) is 3.17. The number of amides is 1. The summed E-state index contributed by atoms with van der Waals surface area (Å²) in [5.74, 6) is 1.18. The summed E-state index contributed by atoms with van der Waals surface area (Å²) < 4.78 is 10.3. The molecule has 0 saturated heterocycles. The van der Waals surface area contributed by atoms with Crippen LogP contribution < -0.4 is 10.1 Å². The number of carbonyl (C=O) groups excluding carboxylic acids is 1. The van der Waals surface area contributed by atoms with Gasteiger partial charge in [-0.05, 0) is 35.7 Å². The van der Waals surface area contributed by atoms with Crippen LogP contribution >= 0.6 is 0 Å². The lowest BCUT2D eigenvalue weighted by Crippen LogP contribution is -2.31. The molecule has 1 unspecified atom stereocenters. The zero-order valence-corrected chi connectivity index (χ0v) is 11.9. The van der Waals surface area contributed by atoms with Crippen molar-refractivity contribution in [2.75, 3.05) is 7.11 Å². The summed E-state index contributed by atoms with van der Waals surface area (Å²) >= 11 is 0. The standard InChI is InChI=1S/C16H19NO3/c1-11(2)15(12-6-8-13(19-3)9-7-12)17-16(18)14-5-4-10-20-14/h4-11,15H,1-3H3,(H,17,18). The summed E-state index contributed by atoms with van der Waals surface area (Å²) in [7, 11) is 1.63. The van der Waals surface area contributed by atoms with Crippen molar-refractivity contribution in [1.82, 2.24) is 5.32 Å². The monoisotopic (exact) mass is 273 g/mol. The first kappa shape index (κ1) is 14.2. The Labute approximate surface area is 118 Å². The summed E-state index contributed by atoms with van der Waals surface area (Å²) in [4.78, 5) is 12.1. The van der Waals surface area contributed by atoms with Gasteiger partial charge in [-0.25, -0.2) is 0 Å². The van der Waals surface area contributed by atoms with E-state index in [9.17, 15) is 4.79 Å². The Hall–Kier alpha value is -2.23. The van der Waals surface area contributed by atoms with E-state index >= 15 is 0 Å². The number of hydrogen-bond acceptors (Lipinski definition) is 3. The number of rotatable bonds is 5. The van der Waals surface area contributed by atoms with E-state index in [1.54, 1.807) is 19.2 Å². The topological polar surface area (TPSA) is 51.5 Å². The van der Waals surface area contributed by atoms with Crippen LogP contribution in [-0.2, 0) is 0 Å². The summed E-state index contributed by atoms with van der Waals surface area (Å²) in [6, 6.07) is 11.0. The van der Waals surface area contributed by atoms with Crippen molar-refractivity contribution in [2.24, 2.45) is 5.92 Å². The molecule has 0 bridgehead atoms. The minimum absolute atomic E-state index is 0.0708. The molecule has 0 spiro atoms. The molecule has 2 rings (SSSR count). The number of carbonyl (C=O) groups is 1. The van der Waals surface area contributed by atoms with E-state index < -0.39 is 0 Å². The first-order valence-electron chi connectivity index (χ1n) is 6.60. The van der Waals surface area contributed by atoms with E-state index in [1.165, 1.54) is 6.26 Å². The first-order valence-corrected chi connectivity index (χ1v) is 6.60. The molecule has 0 aliphatic rings. The van der Waals surface area contributed by atoms with E-state index in [1.807, 2.05) is 24.3 Å². The van der Waals surface area contributed by atoms with Gasteiger partial charge in [0.25, 0.3) is 5.91 Å². The highest BCUT2D eigenvalue weighted by Gasteiger charge is 2.20. The quantitative estimate of drug-likeness (QED) is 0.908. The lowest BCUT2D eigenvalue weighted by Gasteiger charge is -2.22. The van der Waals surface area contributed by atoms with Crippen LogP contribution in [0.25, 0.3) is 0 Å². The van der Waals surface area contributed by atoms with Crippen molar-refractivity contribution in [3.63, 3.8) is 0 Å². The molecule has 1 aromatic carbocycles. The molecule has 1 N–H and O–H groups in total. The van der Waals surface area contributed by atoms with E-state index in [0.29, 0.717) is 5.76 Å². The molecule has 20 heavy (non-hydrogen) atoms. The van der Waals surface area contributed by atoms with Crippen molar-refractivity contribution in [1.29, 1.82) is 0 Å². The highest BCUT2D eigenvalue weighted by atomic mass is 16.5. The fourth-order valence-electron chi connectivity index (χ4n) is 2.07. The largest absolute Gasteiger partial charge is 0.497 e. The van der Waals surface area contributed by atoms with Gasteiger partial charge in [0.15, 0.2) is 5.76 Å². The second kappa shape index (κ2) is 6.28. The molecule has 1 atom stereocenters. The Morgan fingerprint density at radius 3 is 2.40 bits per heavy atom. The normalized spacial score (nSPS) is 12.2. The number of hydrogen-bond donors (Lipinski definition) is 1. The zero-order valence-electron chi connectivity index (χ0n) is 11.9. The average Bonchev–Trinajstić information content (AvgIpc) is 2.98. The maximum absolute atomic E-state index is 12.1. The van der Waals surface area contributed by atoms with Crippen molar-refractivity contribution >= 4 is 5.91 Å². The maximum Gasteiger partial charge on any atom is 0.287 e. The molecular weight excluding hydrogens is 254 g/mol. The Balaban J connectivity index is 2.16. The second-order valence-corrected chi connectivity index (χ2v) is 4.95. The van der Waals surface area contributed by atoms with Gasteiger partial charge in [0.2, 0.25) is 0 Å². The molecular formula is C16H19NO3. The van der Waals surface area contributed by atoms with Crippen molar-refractivity contribution in [3.8, 4) is 5.75 Å². The van der Waals surface area contributed by atoms with Crippen molar-refractivity contribution < 1.29 is 13.9 Å². The average molecular weight is 273 g/mol. The maximum atomic E-state index is 12.1. The number of methoxy groups -OCH3 is 1. The predicted molar refractivity (Wildman–Crippen MR) is 76.7 cm³/mol. The third-order valence-corrected chi connectivity index (χ3v) is 3.17. The number of furan rings is 1. The molecule has 0 saturated carbocycles. The summed E-state index contributed by atoms with van der Waals surface area (Å²) in [6.45, 7) is 4.13. The predicted octanol–water partition coefficient (Wildman–Crippen LogP) is 3.42. The van der Waals surface area contributed by atoms with Gasteiger partial charge in [-0.3, -0.25) is 4.79 Å². The molecule has 106 valence electrons. The van der Waals surface area contributed by atoms with Crippen molar-refractivity contribution in [3.05, 3.63) is 54.0 Å². The summed E-state index contributed by atoms with van der Waals surface area (Å²) in [6.07, 6.45) is 1.49. The minimum atomic E-state index is -0.204. The van der Waals surface area contributed by atoms with Crippen LogP contribution in [-0.4, -0.2) is 13.0 Å². The molecule has 0 aliphatic carbocycles. The van der Waals surface area contributed by atoms with Gasteiger partial charge in [-0.2, -0.15) is 0 Å². The van der Waals surface area contributed by atoms with Gasteiger partial charge in [-0.15, -0.1) is 0 Å². The SMILES string of the molecule is COc1ccc(C(NC(=O)c2ccco2)C(C)C)cc1. The molecule has 1 aromatic heterocycles. The molecule has 4 nitrogen and oxygen atoms in total. The Morgan fingerprint density at radius 2 is 1.90 bits per heavy atom. The van der Waals surface area contributed by atoms with E-state index in [0.717, 1.165) is 11.3 Å². The number of benzene rings is 1. The van der Waals surface area contributed by atoms with Gasteiger partial charge in [0.05, 0.1) is 19.4 Å². The van der Waals surface area contributed by atoms with E-state index in [4.69, 9.17) is 9.15 Å². The second-order valence-electron chi connectivity index (χ2n) is 4.95. The van der Waals surface area contributed by atoms with Crippen molar-refractivity contribution in [2.45, 2.75) is 19.9 Å². The Morgan fingerprint density at radius 1 is 1.20 bits per heavy atom. The van der Waals surface area contributed by atoms with Gasteiger partial charge >= 0.3 is 0 Å². The smallest absolute Gasteiger partial charge is 0.287 e. The van der Waals surface area contributed by atoms with Crippen LogP contribution in [0.5, 0.6) is 5.75 Å². The molecule has 0 aliphatic heterocycles. The molecule has 1 amide bonds. The number of ether oxygens (including phenoxy) is 1. The van der Waals surface area contributed by atoms with Crippen LogP contribution in [0.2, 0.25) is 0 Å². The zero-order chi connectivity index (χ0) is 14.5. The molecule has 2 aromatic rings. The highest BCUT2D eigenvalue weighted by molar-refractivity contribution is 5.91. The fraction of sp³-hybridized carbons (Fsp3) is 0.312. The third kappa shape index (κ3) is 3.20. The molecule has 0 fully saturated rings. The van der Waals surface area contributed by atoms with Gasteiger partial charge in [-0.1, -0.05) is 26.0 Å². The van der Waals surface area contributed by atoms with Crippen LogP contribution in [0.1, 0.15) is 36.0 Å². The lowest BCUT2D eigenvalue weighted by atomic mass is 9.96. The van der Waals surface area contributed by atoms with Gasteiger partial charge in [0.1, 0.15) is 5.75 Å². The van der Waals surface area contributed by atoms with Gasteiger partial charge in [0, 0.05) is 0 Å². The first-order chi connectivity index (χ1) is 9.61. The van der Waals surface area contributed by atoms with Crippen LogP contribution in [0.3, 0.4) is 0 Å². The summed E-state index contributed by atoms with van der Waals surface area (Å²) in [5.41, 5.74) is 1.04. The molecule has 4 heteroatoms. The van der Waals surface area contributed by atoms with E-state index in [2.05, 4.69) is 19.2 Å². The Kier molecular flexibility index (Phi) is 4.45. The minimum Gasteiger partial charge on any atom is -0.497 e. The Bertz CT molecular complexity index is 544. The number of nitrogens with one attached hydrogen (secondary N) is 1. The van der Waals surface area contributed by atoms with Gasteiger partial charge < -0.3 is 14.5 Å².